The van der Waals surface area contributed by atoms with Crippen molar-refractivity contribution in [3.63, 3.8) is 0 Å². The highest BCUT2D eigenvalue weighted by Crippen LogP contribution is 2.23. The maximum Gasteiger partial charge on any atom is 0.272 e. The summed E-state index contributed by atoms with van der Waals surface area (Å²) < 4.78 is 7.68. The van der Waals surface area contributed by atoms with Gasteiger partial charge < -0.3 is 14.5 Å². The molecule has 35 heavy (non-hydrogen) atoms. The van der Waals surface area contributed by atoms with Crippen LogP contribution < -0.4 is 9.64 Å². The molecule has 1 fully saturated rings. The lowest BCUT2D eigenvalue weighted by Gasteiger charge is -2.36. The van der Waals surface area contributed by atoms with Crippen LogP contribution in [-0.2, 0) is 6.61 Å². The quantitative estimate of drug-likeness (QED) is 0.400. The Hall–Kier alpha value is -4.06. The molecule has 5 rings (SSSR count). The number of hydrogen-bond donors (Lipinski definition) is 0. The molecule has 1 saturated heterocycles. The average Bonchev–Trinajstić information content (AvgIpc) is 3.30. The molecule has 1 amide bonds. The molecule has 0 unspecified atom stereocenters. The second-order valence-electron chi connectivity index (χ2n) is 8.97. The molecule has 0 N–H and O–H groups in total. The predicted octanol–water partition coefficient (Wildman–Crippen LogP) is 5.03. The summed E-state index contributed by atoms with van der Waals surface area (Å²) >= 11 is 0. The Labute approximate surface area is 206 Å². The first-order valence-corrected chi connectivity index (χ1v) is 12.0. The maximum atomic E-state index is 13.4. The Kier molecular flexibility index (Phi) is 6.53. The van der Waals surface area contributed by atoms with Crippen LogP contribution in [0.1, 0.15) is 27.3 Å². The van der Waals surface area contributed by atoms with E-state index in [1.807, 2.05) is 79.4 Å². The molecule has 0 bridgehead atoms. The van der Waals surface area contributed by atoms with Crippen LogP contribution in [0.25, 0.3) is 5.69 Å². The Balaban J connectivity index is 1.20. The molecular weight excluding hydrogens is 436 g/mol. The van der Waals surface area contributed by atoms with Gasteiger partial charge in [-0.3, -0.25) is 4.79 Å². The molecule has 0 atom stereocenters. The summed E-state index contributed by atoms with van der Waals surface area (Å²) in [4.78, 5) is 17.6. The van der Waals surface area contributed by atoms with Crippen molar-refractivity contribution in [3.8, 4) is 11.4 Å². The summed E-state index contributed by atoms with van der Waals surface area (Å²) in [7, 11) is 0. The fraction of sp³-hybridized carbons (Fsp3) is 0.241. The first kappa shape index (κ1) is 22.7. The van der Waals surface area contributed by atoms with E-state index in [1.54, 1.807) is 4.68 Å². The molecule has 1 aromatic heterocycles. The van der Waals surface area contributed by atoms with Crippen molar-refractivity contribution in [2.24, 2.45) is 0 Å². The number of nitrogens with zero attached hydrogens (tertiary/aromatic N) is 4. The minimum absolute atomic E-state index is 0.0245. The van der Waals surface area contributed by atoms with Crippen molar-refractivity contribution < 1.29 is 9.53 Å². The minimum Gasteiger partial charge on any atom is -0.489 e. The number of hydrogen-bond acceptors (Lipinski definition) is 4. The van der Waals surface area contributed by atoms with Gasteiger partial charge in [-0.2, -0.15) is 5.10 Å². The zero-order chi connectivity index (χ0) is 24.2. The summed E-state index contributed by atoms with van der Waals surface area (Å²) in [5.41, 5.74) is 5.79. The number of rotatable bonds is 6. The van der Waals surface area contributed by atoms with E-state index in [2.05, 4.69) is 34.3 Å². The third kappa shape index (κ3) is 5.22. The SMILES string of the molecule is Cc1cccc(-n2nc(C)cc2C(=O)N2CCN(c3ccc(OCc4ccccc4)cc3)CC2)c1. The van der Waals surface area contributed by atoms with Crippen LogP contribution in [0.3, 0.4) is 0 Å². The molecule has 2 heterocycles. The zero-order valence-corrected chi connectivity index (χ0v) is 20.2. The van der Waals surface area contributed by atoms with Gasteiger partial charge in [-0.25, -0.2) is 4.68 Å². The van der Waals surface area contributed by atoms with Crippen LogP contribution >= 0.6 is 0 Å². The molecule has 6 heteroatoms. The number of carbonyl (C=O) groups is 1. The molecule has 0 aliphatic carbocycles. The van der Waals surface area contributed by atoms with E-state index in [0.29, 0.717) is 25.4 Å². The maximum absolute atomic E-state index is 13.4. The van der Waals surface area contributed by atoms with Gasteiger partial charge in [0.2, 0.25) is 0 Å². The van der Waals surface area contributed by atoms with Gasteiger partial charge in [-0.15, -0.1) is 0 Å². The topological polar surface area (TPSA) is 50.6 Å². The highest BCUT2D eigenvalue weighted by molar-refractivity contribution is 5.93. The Morgan fingerprint density at radius 1 is 0.829 bits per heavy atom. The fourth-order valence-corrected chi connectivity index (χ4v) is 4.43. The lowest BCUT2D eigenvalue weighted by Crippen LogP contribution is -2.49. The smallest absolute Gasteiger partial charge is 0.272 e. The number of aromatic nitrogens is 2. The third-order valence-electron chi connectivity index (χ3n) is 6.31. The van der Waals surface area contributed by atoms with Crippen LogP contribution in [0.15, 0.2) is 84.9 Å². The molecule has 0 radical (unpaired) electrons. The molecule has 1 aliphatic heterocycles. The zero-order valence-electron chi connectivity index (χ0n) is 20.2. The fourth-order valence-electron chi connectivity index (χ4n) is 4.43. The van der Waals surface area contributed by atoms with E-state index in [1.165, 1.54) is 0 Å². The van der Waals surface area contributed by atoms with E-state index in [0.717, 1.165) is 47.0 Å². The summed E-state index contributed by atoms with van der Waals surface area (Å²) in [5.74, 6) is 0.877. The largest absolute Gasteiger partial charge is 0.489 e. The Morgan fingerprint density at radius 3 is 2.29 bits per heavy atom. The third-order valence-corrected chi connectivity index (χ3v) is 6.31. The average molecular weight is 467 g/mol. The van der Waals surface area contributed by atoms with Crippen LogP contribution in [0.5, 0.6) is 5.75 Å². The Morgan fingerprint density at radius 2 is 1.57 bits per heavy atom. The van der Waals surface area contributed by atoms with E-state index in [4.69, 9.17) is 4.74 Å². The minimum atomic E-state index is 0.0245. The number of piperazine rings is 1. The molecular formula is C29H30N4O2. The van der Waals surface area contributed by atoms with Crippen LogP contribution in [0, 0.1) is 13.8 Å². The number of aryl methyl sites for hydroxylation is 2. The number of ether oxygens (including phenoxy) is 1. The molecule has 6 nitrogen and oxygen atoms in total. The van der Waals surface area contributed by atoms with Crippen molar-refractivity contribution in [1.82, 2.24) is 14.7 Å². The van der Waals surface area contributed by atoms with Gasteiger partial charge in [0.05, 0.1) is 11.4 Å². The number of amides is 1. The van der Waals surface area contributed by atoms with Gasteiger partial charge >= 0.3 is 0 Å². The van der Waals surface area contributed by atoms with E-state index >= 15 is 0 Å². The normalized spacial score (nSPS) is 13.7. The lowest BCUT2D eigenvalue weighted by atomic mass is 10.2. The number of carbonyl (C=O) groups excluding carboxylic acids is 1. The van der Waals surface area contributed by atoms with Crippen LogP contribution in [-0.4, -0.2) is 46.8 Å². The van der Waals surface area contributed by atoms with Crippen LogP contribution in [0.2, 0.25) is 0 Å². The predicted molar refractivity (Wildman–Crippen MR) is 138 cm³/mol. The molecule has 0 saturated carbocycles. The van der Waals surface area contributed by atoms with E-state index in [-0.39, 0.29) is 5.91 Å². The second kappa shape index (κ2) is 10.1. The summed E-state index contributed by atoms with van der Waals surface area (Å²) in [6, 6.07) is 28.3. The summed E-state index contributed by atoms with van der Waals surface area (Å²) in [6.07, 6.45) is 0. The standard InChI is InChI=1S/C29H30N4O2/c1-22-7-6-10-26(19-22)33-28(20-23(2)30-33)29(34)32-17-15-31(16-18-32)25-11-13-27(14-12-25)35-21-24-8-4-3-5-9-24/h3-14,19-20H,15-18,21H2,1-2H3. The van der Waals surface area contributed by atoms with Crippen LogP contribution in [0.4, 0.5) is 5.69 Å². The molecule has 178 valence electrons. The van der Waals surface area contributed by atoms with Crippen molar-refractivity contribution in [1.29, 1.82) is 0 Å². The molecule has 0 spiro atoms. The van der Waals surface area contributed by atoms with E-state index < -0.39 is 0 Å². The first-order chi connectivity index (χ1) is 17.1. The molecule has 1 aliphatic rings. The second-order valence-corrected chi connectivity index (χ2v) is 8.97. The Bertz CT molecular complexity index is 1290. The van der Waals surface area contributed by atoms with Gasteiger partial charge in [0.15, 0.2) is 0 Å². The molecule has 4 aromatic rings. The van der Waals surface area contributed by atoms with Crippen molar-refractivity contribution in [3.05, 3.63) is 107 Å². The van der Waals surface area contributed by atoms with Crippen molar-refractivity contribution >= 4 is 11.6 Å². The van der Waals surface area contributed by atoms with Gasteiger partial charge in [0.1, 0.15) is 18.1 Å². The van der Waals surface area contributed by atoms with Gasteiger partial charge in [0, 0.05) is 31.9 Å². The highest BCUT2D eigenvalue weighted by atomic mass is 16.5. The van der Waals surface area contributed by atoms with Crippen molar-refractivity contribution in [2.45, 2.75) is 20.5 Å². The highest BCUT2D eigenvalue weighted by Gasteiger charge is 2.25. The van der Waals surface area contributed by atoms with Crippen molar-refractivity contribution in [2.75, 3.05) is 31.1 Å². The summed E-state index contributed by atoms with van der Waals surface area (Å²) in [6.45, 7) is 7.43. The van der Waals surface area contributed by atoms with Gasteiger partial charge in [-0.1, -0.05) is 42.5 Å². The summed E-state index contributed by atoms with van der Waals surface area (Å²) in [5, 5.41) is 4.59. The lowest BCUT2D eigenvalue weighted by molar-refractivity contribution is 0.0737. The van der Waals surface area contributed by atoms with E-state index in [9.17, 15) is 4.79 Å². The molecule has 3 aromatic carbocycles. The number of anilines is 1. The monoisotopic (exact) mass is 466 g/mol. The van der Waals surface area contributed by atoms with Gasteiger partial charge in [0.25, 0.3) is 5.91 Å². The first-order valence-electron chi connectivity index (χ1n) is 12.0. The van der Waals surface area contributed by atoms with Gasteiger partial charge in [-0.05, 0) is 67.4 Å². The number of benzene rings is 3.